The first-order valence-electron chi connectivity index (χ1n) is 14.3. The second-order valence-corrected chi connectivity index (χ2v) is 12.8. The monoisotopic (exact) mass is 558 g/mol. The molecule has 0 fully saturated rings. The molecule has 0 aliphatic rings. The van der Waals surface area contributed by atoms with E-state index in [4.69, 9.17) is 14.0 Å². The van der Waals surface area contributed by atoms with Crippen LogP contribution in [0.25, 0.3) is 0 Å². The van der Waals surface area contributed by atoms with Gasteiger partial charge in [-0.2, -0.15) is 11.8 Å². The number of carbonyl (C=O) groups is 1. The number of unbranched alkanes of at least 4 members (excludes halogenated alkanes) is 7. The lowest BCUT2D eigenvalue weighted by atomic mass is 10.1. The Morgan fingerprint density at radius 3 is 2.35 bits per heavy atom. The van der Waals surface area contributed by atoms with E-state index in [1.807, 2.05) is 6.92 Å². The molecule has 214 valence electrons. The molecule has 1 rings (SSSR count). The first kappa shape index (κ1) is 34.2. The van der Waals surface area contributed by atoms with Crippen molar-refractivity contribution in [3.8, 4) is 0 Å². The summed E-state index contributed by atoms with van der Waals surface area (Å²) in [5.74, 6) is 1.18. The topological polar surface area (TPSA) is 82.1 Å². The van der Waals surface area contributed by atoms with Crippen molar-refractivity contribution < 1.29 is 28.3 Å². The van der Waals surface area contributed by atoms with Crippen molar-refractivity contribution in [3.05, 3.63) is 35.9 Å². The van der Waals surface area contributed by atoms with Crippen molar-refractivity contribution >= 4 is 25.1 Å². The Bertz CT molecular complexity index is 732. The van der Waals surface area contributed by atoms with Gasteiger partial charge in [0, 0.05) is 11.9 Å². The van der Waals surface area contributed by atoms with Gasteiger partial charge in [-0.05, 0) is 56.8 Å². The molecule has 3 unspecified atom stereocenters. The molecule has 0 aliphatic heterocycles. The Morgan fingerprint density at radius 1 is 0.919 bits per heavy atom. The van der Waals surface area contributed by atoms with Gasteiger partial charge in [-0.15, -0.1) is 0 Å². The highest BCUT2D eigenvalue weighted by atomic mass is 32.2. The Balaban J connectivity index is 2.28. The number of hydrogen-bond acceptors (Lipinski definition) is 6. The molecule has 0 spiro atoms. The number of thioether (sulfide) groups is 1. The van der Waals surface area contributed by atoms with E-state index in [0.717, 1.165) is 6.42 Å². The van der Waals surface area contributed by atoms with E-state index < -0.39 is 13.3 Å². The quantitative estimate of drug-likeness (QED) is 0.100. The zero-order valence-corrected chi connectivity index (χ0v) is 25.1. The maximum Gasteiger partial charge on any atom is 0.435 e. The van der Waals surface area contributed by atoms with Crippen molar-refractivity contribution in [2.75, 3.05) is 25.6 Å². The standard InChI is InChI=1S/C29H51O6PS/c1-4-6-7-8-15-20-28(37-24-16-10-9-12-17-27-18-13-11-14-19-27)21-23-33-26(3)25-35-36(31,32)29(30)34-22-5-2/h11,13-14,18-19,26,28H,4-10,12,15-17,20-25H2,1-3H3,(H,31,32). The van der Waals surface area contributed by atoms with Crippen molar-refractivity contribution in [2.24, 2.45) is 0 Å². The van der Waals surface area contributed by atoms with Gasteiger partial charge >= 0.3 is 13.3 Å². The number of rotatable bonds is 24. The molecular formula is C29H51O6PS. The molecule has 37 heavy (non-hydrogen) atoms. The highest BCUT2D eigenvalue weighted by Crippen LogP contribution is 2.44. The van der Waals surface area contributed by atoms with E-state index in [1.165, 1.54) is 81.9 Å². The van der Waals surface area contributed by atoms with E-state index in [2.05, 4.69) is 49.0 Å². The summed E-state index contributed by atoms with van der Waals surface area (Å²) in [6.45, 7) is 6.40. The van der Waals surface area contributed by atoms with Crippen LogP contribution in [0.3, 0.4) is 0 Å². The molecule has 1 aromatic rings. The second kappa shape index (κ2) is 22.0. The summed E-state index contributed by atoms with van der Waals surface area (Å²) < 4.78 is 27.5. The van der Waals surface area contributed by atoms with E-state index in [-0.39, 0.29) is 19.3 Å². The fourth-order valence-electron chi connectivity index (χ4n) is 3.94. The summed E-state index contributed by atoms with van der Waals surface area (Å²) >= 11 is 2.06. The molecule has 0 radical (unpaired) electrons. The molecule has 1 N–H and O–H groups in total. The van der Waals surface area contributed by atoms with Crippen LogP contribution in [0, 0.1) is 0 Å². The summed E-state index contributed by atoms with van der Waals surface area (Å²) in [6.07, 6.45) is 15.0. The van der Waals surface area contributed by atoms with Crippen LogP contribution in [-0.4, -0.2) is 47.5 Å². The lowest BCUT2D eigenvalue weighted by molar-refractivity contribution is 0.0274. The number of aryl methyl sites for hydroxylation is 1. The Kier molecular flexibility index (Phi) is 20.3. The van der Waals surface area contributed by atoms with Crippen LogP contribution in [0.4, 0.5) is 4.79 Å². The molecule has 0 amide bonds. The zero-order valence-electron chi connectivity index (χ0n) is 23.4. The van der Waals surface area contributed by atoms with Crippen LogP contribution in [0.2, 0.25) is 0 Å². The maximum absolute atomic E-state index is 12.0. The van der Waals surface area contributed by atoms with Gasteiger partial charge < -0.3 is 14.4 Å². The van der Waals surface area contributed by atoms with Crippen molar-refractivity contribution in [1.29, 1.82) is 0 Å². The fraction of sp³-hybridized carbons (Fsp3) is 0.759. The predicted octanol–water partition coefficient (Wildman–Crippen LogP) is 8.80. The molecule has 3 atom stereocenters. The fourth-order valence-corrected chi connectivity index (χ4v) is 6.02. The Hall–Kier alpha value is -0.850. The third-order valence-corrected chi connectivity index (χ3v) is 8.73. The molecule has 6 nitrogen and oxygen atoms in total. The average Bonchev–Trinajstić information content (AvgIpc) is 2.90. The molecule has 0 aromatic heterocycles. The minimum atomic E-state index is -4.43. The Labute approximate surface area is 230 Å². The number of ether oxygens (including phenoxy) is 2. The molecule has 0 aliphatic carbocycles. The van der Waals surface area contributed by atoms with Crippen LogP contribution < -0.4 is 0 Å². The van der Waals surface area contributed by atoms with Gasteiger partial charge in [0.1, 0.15) is 0 Å². The summed E-state index contributed by atoms with van der Waals surface area (Å²) in [4.78, 5) is 21.4. The first-order chi connectivity index (χ1) is 17.9. The van der Waals surface area contributed by atoms with Gasteiger partial charge in [-0.1, -0.05) is 89.1 Å². The minimum absolute atomic E-state index is 0.101. The molecule has 8 heteroatoms. The van der Waals surface area contributed by atoms with Crippen molar-refractivity contribution in [2.45, 2.75) is 116 Å². The van der Waals surface area contributed by atoms with E-state index >= 15 is 0 Å². The number of hydrogen-bond donors (Lipinski definition) is 1. The van der Waals surface area contributed by atoms with Gasteiger partial charge in [0.05, 0.1) is 19.3 Å². The zero-order chi connectivity index (χ0) is 27.2. The van der Waals surface area contributed by atoms with Crippen molar-refractivity contribution in [3.63, 3.8) is 0 Å². The molecule has 1 aromatic carbocycles. The third-order valence-electron chi connectivity index (χ3n) is 6.17. The highest BCUT2D eigenvalue weighted by Gasteiger charge is 2.33. The minimum Gasteiger partial charge on any atom is -0.457 e. The second-order valence-electron chi connectivity index (χ2n) is 9.75. The van der Waals surface area contributed by atoms with Crippen molar-refractivity contribution in [1.82, 2.24) is 0 Å². The molecule has 0 saturated heterocycles. The van der Waals surface area contributed by atoms with Gasteiger partial charge in [0.15, 0.2) is 0 Å². The van der Waals surface area contributed by atoms with Crippen LogP contribution in [0.1, 0.15) is 103 Å². The summed E-state index contributed by atoms with van der Waals surface area (Å²) in [5, 5.41) is 0.562. The first-order valence-corrected chi connectivity index (χ1v) is 16.9. The van der Waals surface area contributed by atoms with Crippen LogP contribution in [0.15, 0.2) is 30.3 Å². The number of carbonyl (C=O) groups excluding carboxylic acids is 1. The predicted molar refractivity (Wildman–Crippen MR) is 156 cm³/mol. The van der Waals surface area contributed by atoms with Crippen LogP contribution in [0.5, 0.6) is 0 Å². The third kappa shape index (κ3) is 18.1. The summed E-state index contributed by atoms with van der Waals surface area (Å²) in [6, 6.07) is 10.7. The van der Waals surface area contributed by atoms with Gasteiger partial charge in [0.25, 0.3) is 0 Å². The van der Waals surface area contributed by atoms with E-state index in [9.17, 15) is 14.3 Å². The smallest absolute Gasteiger partial charge is 0.435 e. The maximum atomic E-state index is 12.0. The highest BCUT2D eigenvalue weighted by molar-refractivity contribution is 7.99. The largest absolute Gasteiger partial charge is 0.457 e. The molecular weight excluding hydrogens is 507 g/mol. The molecule has 0 saturated carbocycles. The SMILES string of the molecule is CCCCCCCC(CCOC(C)COP(=O)(O)C(=O)OCCC)SCCCCCCc1ccccc1. The van der Waals surface area contributed by atoms with E-state index in [0.29, 0.717) is 18.3 Å². The van der Waals surface area contributed by atoms with Crippen LogP contribution in [-0.2, 0) is 25.0 Å². The van der Waals surface area contributed by atoms with Crippen LogP contribution >= 0.6 is 19.4 Å². The summed E-state index contributed by atoms with van der Waals surface area (Å²) in [7, 11) is -4.43. The van der Waals surface area contributed by atoms with Gasteiger partial charge in [-0.3, -0.25) is 4.52 Å². The molecule has 0 heterocycles. The average molecular weight is 559 g/mol. The van der Waals surface area contributed by atoms with E-state index in [1.54, 1.807) is 6.92 Å². The van der Waals surface area contributed by atoms with Gasteiger partial charge in [-0.25, -0.2) is 9.36 Å². The number of benzene rings is 1. The summed E-state index contributed by atoms with van der Waals surface area (Å²) in [5.41, 5.74) is 0.235. The lowest BCUT2D eigenvalue weighted by Gasteiger charge is -2.19. The lowest BCUT2D eigenvalue weighted by Crippen LogP contribution is -2.19. The molecule has 0 bridgehead atoms. The van der Waals surface area contributed by atoms with Gasteiger partial charge in [0.2, 0.25) is 0 Å². The normalized spacial score (nSPS) is 14.7. The Morgan fingerprint density at radius 2 is 1.62 bits per heavy atom.